The van der Waals surface area contributed by atoms with E-state index in [1.165, 1.54) is 38.8 Å². The van der Waals surface area contributed by atoms with E-state index in [-0.39, 0.29) is 0 Å². The molecule has 0 amide bonds. The highest BCUT2D eigenvalue weighted by atomic mass is 79.9. The van der Waals surface area contributed by atoms with Crippen molar-refractivity contribution in [3.05, 3.63) is 22.8 Å². The highest BCUT2D eigenvalue weighted by molar-refractivity contribution is 9.10. The summed E-state index contributed by atoms with van der Waals surface area (Å²) in [6.07, 6.45) is 7.31. The van der Waals surface area contributed by atoms with Gasteiger partial charge in [0.25, 0.3) is 0 Å². The van der Waals surface area contributed by atoms with Crippen LogP contribution < -0.4 is 4.90 Å². The molecule has 2 fully saturated rings. The predicted molar refractivity (Wildman–Crippen MR) is 78.0 cm³/mol. The van der Waals surface area contributed by atoms with Gasteiger partial charge in [0.15, 0.2) is 0 Å². The van der Waals surface area contributed by atoms with E-state index < -0.39 is 0 Å². The van der Waals surface area contributed by atoms with Crippen LogP contribution in [0.1, 0.15) is 25.7 Å². The molecular weight excluding hydrogens is 290 g/mol. The summed E-state index contributed by atoms with van der Waals surface area (Å²) in [4.78, 5) is 9.64. The molecule has 3 heterocycles. The summed E-state index contributed by atoms with van der Waals surface area (Å²) in [7, 11) is 0. The Kier molecular flexibility index (Phi) is 3.85. The van der Waals surface area contributed by atoms with Crippen molar-refractivity contribution in [1.29, 1.82) is 0 Å². The average molecular weight is 310 g/mol. The van der Waals surface area contributed by atoms with Crippen molar-refractivity contribution in [2.24, 2.45) is 0 Å². The van der Waals surface area contributed by atoms with Gasteiger partial charge in [-0.3, -0.25) is 4.90 Å². The van der Waals surface area contributed by atoms with Crippen LogP contribution in [0.15, 0.2) is 22.8 Å². The van der Waals surface area contributed by atoms with Gasteiger partial charge in [0.2, 0.25) is 0 Å². The molecule has 0 bridgehead atoms. The molecule has 1 aromatic rings. The molecule has 2 saturated heterocycles. The zero-order chi connectivity index (χ0) is 12.4. The lowest BCUT2D eigenvalue weighted by Gasteiger charge is -2.38. The summed E-state index contributed by atoms with van der Waals surface area (Å²) < 4.78 is 1.05. The molecular formula is C14H20BrN3. The molecule has 2 aliphatic rings. The smallest absolute Gasteiger partial charge is 0.128 e. The molecule has 0 aliphatic carbocycles. The molecule has 98 valence electrons. The number of hydrogen-bond acceptors (Lipinski definition) is 3. The maximum atomic E-state index is 4.52. The summed E-state index contributed by atoms with van der Waals surface area (Å²) in [6.45, 7) is 4.89. The molecule has 2 aliphatic heterocycles. The SMILES string of the molecule is Brc1ccc(N2CCCC(N3CCCC3)C2)nc1. The van der Waals surface area contributed by atoms with Crippen molar-refractivity contribution < 1.29 is 0 Å². The number of aromatic nitrogens is 1. The van der Waals surface area contributed by atoms with E-state index in [1.54, 1.807) is 0 Å². The number of hydrogen-bond donors (Lipinski definition) is 0. The Morgan fingerprint density at radius 3 is 2.67 bits per heavy atom. The van der Waals surface area contributed by atoms with Gasteiger partial charge < -0.3 is 4.90 Å². The second-order valence-electron chi connectivity index (χ2n) is 5.32. The lowest BCUT2D eigenvalue weighted by molar-refractivity contribution is 0.215. The van der Waals surface area contributed by atoms with Crippen LogP contribution in [0.25, 0.3) is 0 Å². The first-order chi connectivity index (χ1) is 8.83. The van der Waals surface area contributed by atoms with Crippen molar-refractivity contribution >= 4 is 21.7 Å². The van der Waals surface area contributed by atoms with Crippen LogP contribution in [0.4, 0.5) is 5.82 Å². The fourth-order valence-corrected chi connectivity index (χ4v) is 3.36. The number of anilines is 1. The predicted octanol–water partition coefficient (Wildman–Crippen LogP) is 2.91. The normalized spacial score (nSPS) is 25.6. The summed E-state index contributed by atoms with van der Waals surface area (Å²) in [5.74, 6) is 1.13. The zero-order valence-corrected chi connectivity index (χ0v) is 12.3. The van der Waals surface area contributed by atoms with Crippen molar-refractivity contribution in [2.45, 2.75) is 31.7 Å². The van der Waals surface area contributed by atoms with Gasteiger partial charge in [0, 0.05) is 29.8 Å². The molecule has 18 heavy (non-hydrogen) atoms. The maximum Gasteiger partial charge on any atom is 0.128 e. The minimum absolute atomic E-state index is 0.742. The first-order valence-electron chi connectivity index (χ1n) is 6.93. The van der Waals surface area contributed by atoms with E-state index in [2.05, 4.69) is 42.8 Å². The quantitative estimate of drug-likeness (QED) is 0.837. The Bertz CT molecular complexity index is 387. The third-order valence-corrected chi connectivity index (χ3v) is 4.56. The molecule has 0 N–H and O–H groups in total. The van der Waals surface area contributed by atoms with Crippen molar-refractivity contribution in [3.8, 4) is 0 Å². The van der Waals surface area contributed by atoms with Gasteiger partial charge in [-0.05, 0) is 66.8 Å². The van der Waals surface area contributed by atoms with E-state index in [9.17, 15) is 0 Å². The summed E-state index contributed by atoms with van der Waals surface area (Å²) in [5, 5.41) is 0. The highest BCUT2D eigenvalue weighted by Gasteiger charge is 2.27. The van der Waals surface area contributed by atoms with Gasteiger partial charge in [-0.1, -0.05) is 0 Å². The van der Waals surface area contributed by atoms with Gasteiger partial charge in [-0.15, -0.1) is 0 Å². The molecule has 0 radical (unpaired) electrons. The van der Waals surface area contributed by atoms with Gasteiger partial charge >= 0.3 is 0 Å². The van der Waals surface area contributed by atoms with Crippen LogP contribution in [0.3, 0.4) is 0 Å². The van der Waals surface area contributed by atoms with Crippen molar-refractivity contribution in [1.82, 2.24) is 9.88 Å². The average Bonchev–Trinajstić information content (AvgIpc) is 2.94. The third-order valence-electron chi connectivity index (χ3n) is 4.09. The van der Waals surface area contributed by atoms with E-state index in [4.69, 9.17) is 0 Å². The van der Waals surface area contributed by atoms with E-state index in [0.29, 0.717) is 0 Å². The molecule has 0 saturated carbocycles. The number of likely N-dealkylation sites (tertiary alicyclic amines) is 1. The lowest BCUT2D eigenvalue weighted by Crippen LogP contribution is -2.47. The van der Waals surface area contributed by atoms with Gasteiger partial charge in [0.05, 0.1) is 0 Å². The first-order valence-corrected chi connectivity index (χ1v) is 7.73. The lowest BCUT2D eigenvalue weighted by atomic mass is 10.0. The molecule has 1 unspecified atom stereocenters. The Morgan fingerprint density at radius 1 is 1.11 bits per heavy atom. The Balaban J connectivity index is 1.67. The van der Waals surface area contributed by atoms with Crippen molar-refractivity contribution in [3.63, 3.8) is 0 Å². The van der Waals surface area contributed by atoms with Crippen LogP contribution in [0.2, 0.25) is 0 Å². The fourth-order valence-electron chi connectivity index (χ4n) is 3.12. The van der Waals surface area contributed by atoms with Gasteiger partial charge in [-0.2, -0.15) is 0 Å². The zero-order valence-electron chi connectivity index (χ0n) is 10.7. The van der Waals surface area contributed by atoms with E-state index in [0.717, 1.165) is 29.4 Å². The molecule has 0 aromatic carbocycles. The second kappa shape index (κ2) is 5.57. The Hall–Kier alpha value is -0.610. The van der Waals surface area contributed by atoms with Crippen molar-refractivity contribution in [2.75, 3.05) is 31.1 Å². The first kappa shape index (κ1) is 12.4. The fraction of sp³-hybridized carbons (Fsp3) is 0.643. The minimum Gasteiger partial charge on any atom is -0.355 e. The number of piperidine rings is 1. The van der Waals surface area contributed by atoms with Crippen LogP contribution in [-0.2, 0) is 0 Å². The monoisotopic (exact) mass is 309 g/mol. The van der Waals surface area contributed by atoms with E-state index >= 15 is 0 Å². The topological polar surface area (TPSA) is 19.4 Å². The standard InChI is InChI=1S/C14H20BrN3/c15-12-5-6-14(16-10-12)18-9-3-4-13(11-18)17-7-1-2-8-17/h5-6,10,13H,1-4,7-9,11H2. The van der Waals surface area contributed by atoms with Gasteiger partial charge in [-0.25, -0.2) is 4.98 Å². The maximum absolute atomic E-state index is 4.52. The largest absolute Gasteiger partial charge is 0.355 e. The second-order valence-corrected chi connectivity index (χ2v) is 6.24. The third kappa shape index (κ3) is 2.69. The minimum atomic E-state index is 0.742. The molecule has 1 aromatic heterocycles. The summed E-state index contributed by atoms with van der Waals surface area (Å²) >= 11 is 3.45. The number of pyridine rings is 1. The summed E-state index contributed by atoms with van der Waals surface area (Å²) in [6, 6.07) is 4.95. The number of nitrogens with zero attached hydrogens (tertiary/aromatic N) is 3. The number of rotatable bonds is 2. The summed E-state index contributed by atoms with van der Waals surface area (Å²) in [5.41, 5.74) is 0. The number of halogens is 1. The van der Waals surface area contributed by atoms with E-state index in [1.807, 2.05) is 6.20 Å². The van der Waals surface area contributed by atoms with Crippen LogP contribution in [0, 0.1) is 0 Å². The van der Waals surface area contributed by atoms with Crippen LogP contribution in [0.5, 0.6) is 0 Å². The highest BCUT2D eigenvalue weighted by Crippen LogP contribution is 2.24. The molecule has 0 spiro atoms. The molecule has 1 atom stereocenters. The molecule has 4 heteroatoms. The van der Waals surface area contributed by atoms with Crippen LogP contribution in [-0.4, -0.2) is 42.1 Å². The van der Waals surface area contributed by atoms with Crippen LogP contribution >= 0.6 is 15.9 Å². The molecule has 3 rings (SSSR count). The van der Waals surface area contributed by atoms with Gasteiger partial charge in [0.1, 0.15) is 5.82 Å². The molecule has 3 nitrogen and oxygen atoms in total. The Morgan fingerprint density at radius 2 is 1.94 bits per heavy atom. The Labute approximate surface area is 117 Å².